The molecule has 0 fully saturated rings. The van der Waals surface area contributed by atoms with Crippen LogP contribution in [-0.2, 0) is 6.18 Å². The summed E-state index contributed by atoms with van der Waals surface area (Å²) in [5.74, 6) is -0.298. The van der Waals surface area contributed by atoms with Crippen LogP contribution < -0.4 is 5.32 Å². The van der Waals surface area contributed by atoms with Gasteiger partial charge in [-0.15, -0.1) is 5.16 Å². The van der Waals surface area contributed by atoms with Crippen LogP contribution in [0.15, 0.2) is 23.4 Å². The third-order valence-electron chi connectivity index (χ3n) is 3.42. The maximum atomic E-state index is 12.7. The van der Waals surface area contributed by atoms with Gasteiger partial charge in [-0.1, -0.05) is 6.92 Å². The Kier molecular flexibility index (Phi) is 3.68. The minimum atomic E-state index is -4.36. The van der Waals surface area contributed by atoms with Crippen LogP contribution in [0.5, 0.6) is 0 Å². The van der Waals surface area contributed by atoms with E-state index < -0.39 is 11.7 Å². The lowest BCUT2D eigenvalue weighted by molar-refractivity contribution is -0.137. The summed E-state index contributed by atoms with van der Waals surface area (Å²) < 4.78 is 38.1. The highest BCUT2D eigenvalue weighted by Crippen LogP contribution is 2.38. The zero-order valence-corrected chi connectivity index (χ0v) is 10.4. The van der Waals surface area contributed by atoms with Crippen molar-refractivity contribution in [3.63, 3.8) is 0 Å². The molecular formula is C13H15F3N2O. The number of nitrogens with one attached hydrogen (secondary N) is 1. The second-order valence-electron chi connectivity index (χ2n) is 4.66. The molecule has 1 aliphatic rings. The first-order valence-corrected chi connectivity index (χ1v) is 6.11. The van der Waals surface area contributed by atoms with Crippen molar-refractivity contribution in [2.75, 3.05) is 5.32 Å². The summed E-state index contributed by atoms with van der Waals surface area (Å²) in [6, 6.07) is 3.81. The van der Waals surface area contributed by atoms with E-state index in [2.05, 4.69) is 10.5 Å². The van der Waals surface area contributed by atoms with Gasteiger partial charge in [-0.3, -0.25) is 0 Å². The van der Waals surface area contributed by atoms with Gasteiger partial charge < -0.3 is 10.5 Å². The first kappa shape index (κ1) is 13.7. The van der Waals surface area contributed by atoms with E-state index in [4.69, 9.17) is 5.21 Å². The SMILES string of the molecule is CCC1CC(C=NO)c2cc(C(F)(F)F)ccc2N1. The number of anilines is 1. The number of rotatable bonds is 2. The van der Waals surface area contributed by atoms with Crippen molar-refractivity contribution in [1.82, 2.24) is 0 Å². The number of hydrogen-bond donors (Lipinski definition) is 2. The topological polar surface area (TPSA) is 44.6 Å². The molecule has 0 aliphatic carbocycles. The monoisotopic (exact) mass is 272 g/mol. The summed E-state index contributed by atoms with van der Waals surface area (Å²) >= 11 is 0. The van der Waals surface area contributed by atoms with Gasteiger partial charge in [0, 0.05) is 17.6 Å². The lowest BCUT2D eigenvalue weighted by Gasteiger charge is -2.31. The number of nitrogens with zero attached hydrogens (tertiary/aromatic N) is 1. The Labute approximate surface area is 109 Å². The van der Waals surface area contributed by atoms with Gasteiger partial charge in [0.15, 0.2) is 0 Å². The van der Waals surface area contributed by atoms with Crippen LogP contribution in [0.1, 0.15) is 36.8 Å². The van der Waals surface area contributed by atoms with Gasteiger partial charge in [0.1, 0.15) is 0 Å². The largest absolute Gasteiger partial charge is 0.416 e. The Morgan fingerprint density at radius 1 is 1.47 bits per heavy atom. The van der Waals surface area contributed by atoms with E-state index in [1.165, 1.54) is 12.3 Å². The van der Waals surface area contributed by atoms with Gasteiger partial charge in [0.25, 0.3) is 0 Å². The van der Waals surface area contributed by atoms with Crippen LogP contribution in [0.25, 0.3) is 0 Å². The highest BCUT2D eigenvalue weighted by Gasteiger charge is 2.33. The van der Waals surface area contributed by atoms with Gasteiger partial charge in [-0.25, -0.2) is 0 Å². The summed E-state index contributed by atoms with van der Waals surface area (Å²) in [7, 11) is 0. The first-order valence-electron chi connectivity index (χ1n) is 6.11. The zero-order chi connectivity index (χ0) is 14.0. The van der Waals surface area contributed by atoms with Crippen molar-refractivity contribution in [3.8, 4) is 0 Å². The molecule has 2 unspecified atom stereocenters. The maximum absolute atomic E-state index is 12.7. The van der Waals surface area contributed by atoms with Crippen molar-refractivity contribution in [1.29, 1.82) is 0 Å². The highest BCUT2D eigenvalue weighted by molar-refractivity contribution is 5.74. The number of halogens is 3. The van der Waals surface area contributed by atoms with E-state index in [1.54, 1.807) is 0 Å². The fourth-order valence-corrected chi connectivity index (χ4v) is 2.38. The predicted molar refractivity (Wildman–Crippen MR) is 66.8 cm³/mol. The molecule has 19 heavy (non-hydrogen) atoms. The first-order chi connectivity index (χ1) is 8.95. The average molecular weight is 272 g/mol. The molecule has 1 aromatic carbocycles. The fraction of sp³-hybridized carbons (Fsp3) is 0.462. The van der Waals surface area contributed by atoms with Gasteiger partial charge in [0.2, 0.25) is 0 Å². The molecule has 1 aromatic rings. The van der Waals surface area contributed by atoms with Crippen molar-refractivity contribution >= 4 is 11.9 Å². The summed E-state index contributed by atoms with van der Waals surface area (Å²) in [4.78, 5) is 0. The van der Waals surface area contributed by atoms with Crippen molar-refractivity contribution in [2.24, 2.45) is 5.16 Å². The summed E-state index contributed by atoms with van der Waals surface area (Å²) in [5.41, 5.74) is 0.521. The molecule has 0 radical (unpaired) electrons. The van der Waals surface area contributed by atoms with Crippen molar-refractivity contribution < 1.29 is 18.4 Å². The molecule has 6 heteroatoms. The Bertz CT molecular complexity index is 485. The maximum Gasteiger partial charge on any atom is 0.416 e. The summed E-state index contributed by atoms with van der Waals surface area (Å²) in [5, 5.41) is 14.8. The fourth-order valence-electron chi connectivity index (χ4n) is 2.38. The Hall–Kier alpha value is -1.72. The lowest BCUT2D eigenvalue weighted by atomic mass is 9.86. The van der Waals surface area contributed by atoms with Gasteiger partial charge in [0.05, 0.1) is 11.8 Å². The zero-order valence-electron chi connectivity index (χ0n) is 10.4. The second-order valence-corrected chi connectivity index (χ2v) is 4.66. The van der Waals surface area contributed by atoms with E-state index in [-0.39, 0.29) is 12.0 Å². The molecule has 2 atom stereocenters. The smallest absolute Gasteiger partial charge is 0.411 e. The average Bonchev–Trinajstić information content (AvgIpc) is 2.37. The molecule has 2 N–H and O–H groups in total. The van der Waals surface area contributed by atoms with Crippen LogP contribution in [0.4, 0.5) is 18.9 Å². The molecule has 0 aromatic heterocycles. The van der Waals surface area contributed by atoms with Crippen LogP contribution in [0, 0.1) is 0 Å². The quantitative estimate of drug-likeness (QED) is 0.488. The number of alkyl halides is 3. The summed E-state index contributed by atoms with van der Waals surface area (Å²) in [6.45, 7) is 2.00. The van der Waals surface area contributed by atoms with Crippen LogP contribution in [-0.4, -0.2) is 17.5 Å². The molecule has 104 valence electrons. The minimum absolute atomic E-state index is 0.173. The molecule has 0 amide bonds. The Balaban J connectivity index is 2.43. The molecule has 1 aliphatic heterocycles. The predicted octanol–water partition coefficient (Wildman–Crippen LogP) is 3.84. The van der Waals surface area contributed by atoms with Gasteiger partial charge >= 0.3 is 6.18 Å². The van der Waals surface area contributed by atoms with E-state index in [9.17, 15) is 13.2 Å². The van der Waals surface area contributed by atoms with Crippen molar-refractivity contribution in [2.45, 2.75) is 37.9 Å². The third-order valence-corrected chi connectivity index (χ3v) is 3.42. The van der Waals surface area contributed by atoms with Crippen LogP contribution in [0.2, 0.25) is 0 Å². The van der Waals surface area contributed by atoms with E-state index in [0.29, 0.717) is 17.7 Å². The van der Waals surface area contributed by atoms with E-state index >= 15 is 0 Å². The normalized spacial score (nSPS) is 23.2. The molecule has 1 heterocycles. The Morgan fingerprint density at radius 2 is 2.21 bits per heavy atom. The standard InChI is InChI=1S/C13H15F3N2O/c1-2-10-5-8(7-17-19)11-6-9(13(14,15)16)3-4-12(11)18-10/h3-4,6-8,10,18-19H,2,5H2,1H3. The lowest BCUT2D eigenvalue weighted by Crippen LogP contribution is -2.28. The van der Waals surface area contributed by atoms with E-state index in [0.717, 1.165) is 18.6 Å². The van der Waals surface area contributed by atoms with Gasteiger partial charge in [-0.05, 0) is 36.6 Å². The minimum Gasteiger partial charge on any atom is -0.411 e. The number of oxime groups is 1. The molecule has 0 spiro atoms. The van der Waals surface area contributed by atoms with Crippen LogP contribution >= 0.6 is 0 Å². The Morgan fingerprint density at radius 3 is 2.79 bits per heavy atom. The molecule has 0 bridgehead atoms. The number of hydrogen-bond acceptors (Lipinski definition) is 3. The summed E-state index contributed by atoms with van der Waals surface area (Å²) in [6.07, 6.45) is -1.59. The number of benzene rings is 1. The van der Waals surface area contributed by atoms with E-state index in [1.807, 2.05) is 6.92 Å². The van der Waals surface area contributed by atoms with Crippen LogP contribution in [0.3, 0.4) is 0 Å². The second kappa shape index (κ2) is 5.11. The molecule has 3 nitrogen and oxygen atoms in total. The molecule has 0 saturated heterocycles. The molecule has 2 rings (SSSR count). The van der Waals surface area contributed by atoms with Crippen molar-refractivity contribution in [3.05, 3.63) is 29.3 Å². The molecular weight excluding hydrogens is 257 g/mol. The highest BCUT2D eigenvalue weighted by atomic mass is 19.4. The molecule has 0 saturated carbocycles. The third kappa shape index (κ3) is 2.83. The number of fused-ring (bicyclic) bond motifs is 1. The van der Waals surface area contributed by atoms with Gasteiger partial charge in [-0.2, -0.15) is 13.2 Å².